The number of hydrogen-bond acceptors (Lipinski definition) is 1. The van der Waals surface area contributed by atoms with Gasteiger partial charge in [0, 0.05) is 22.9 Å². The third kappa shape index (κ3) is 4.87. The van der Waals surface area contributed by atoms with Crippen molar-refractivity contribution in [1.82, 2.24) is 9.88 Å². The fourth-order valence-electron chi connectivity index (χ4n) is 3.93. The molecule has 4 aromatic rings. The van der Waals surface area contributed by atoms with E-state index < -0.39 is 11.7 Å². The van der Waals surface area contributed by atoms with Gasteiger partial charge in [-0.15, -0.1) is 0 Å². The van der Waals surface area contributed by atoms with E-state index in [1.807, 2.05) is 54.8 Å². The maximum atomic E-state index is 13.1. The van der Waals surface area contributed by atoms with E-state index in [0.717, 1.165) is 40.3 Å². The predicted molar refractivity (Wildman–Crippen MR) is 128 cm³/mol. The minimum absolute atomic E-state index is 0.0198. The van der Waals surface area contributed by atoms with Crippen molar-refractivity contribution in [3.05, 3.63) is 112 Å². The van der Waals surface area contributed by atoms with Crippen LogP contribution in [0.1, 0.15) is 32.7 Å². The molecule has 0 radical (unpaired) electrons. The van der Waals surface area contributed by atoms with E-state index in [2.05, 4.69) is 5.32 Å². The van der Waals surface area contributed by atoms with E-state index in [0.29, 0.717) is 16.1 Å². The largest absolute Gasteiger partial charge is 0.416 e. The Balaban J connectivity index is 1.70. The normalized spacial score (nSPS) is 11.5. The van der Waals surface area contributed by atoms with Gasteiger partial charge in [0.1, 0.15) is 0 Å². The summed E-state index contributed by atoms with van der Waals surface area (Å²) in [6, 6.07) is 21.9. The van der Waals surface area contributed by atoms with E-state index >= 15 is 0 Å². The Bertz CT molecular complexity index is 1340. The molecule has 7 heteroatoms. The molecule has 1 amide bonds. The van der Waals surface area contributed by atoms with Crippen molar-refractivity contribution in [3.8, 4) is 16.9 Å². The van der Waals surface area contributed by atoms with Gasteiger partial charge in [-0.3, -0.25) is 4.79 Å². The van der Waals surface area contributed by atoms with E-state index in [4.69, 9.17) is 11.6 Å². The summed E-state index contributed by atoms with van der Waals surface area (Å²) in [5.74, 6) is -0.363. The minimum Gasteiger partial charge on any atom is -0.348 e. The third-order valence-electron chi connectivity index (χ3n) is 5.70. The first-order valence-corrected chi connectivity index (χ1v) is 11.0. The first kappa shape index (κ1) is 23.6. The van der Waals surface area contributed by atoms with Crippen LogP contribution in [0.2, 0.25) is 5.02 Å². The van der Waals surface area contributed by atoms with Crippen LogP contribution in [-0.2, 0) is 12.7 Å². The Morgan fingerprint density at radius 1 is 0.941 bits per heavy atom. The summed E-state index contributed by atoms with van der Waals surface area (Å²) in [4.78, 5) is 13.1. The lowest BCUT2D eigenvalue weighted by Gasteiger charge is -2.15. The van der Waals surface area contributed by atoms with Crippen LogP contribution >= 0.6 is 11.6 Å². The summed E-state index contributed by atoms with van der Waals surface area (Å²) in [5, 5.41) is 3.37. The van der Waals surface area contributed by atoms with Gasteiger partial charge in [0.2, 0.25) is 0 Å². The highest BCUT2D eigenvalue weighted by Gasteiger charge is 2.30. The number of nitrogens with one attached hydrogen (secondary N) is 1. The van der Waals surface area contributed by atoms with Crippen LogP contribution in [0.5, 0.6) is 0 Å². The van der Waals surface area contributed by atoms with Gasteiger partial charge in [0.15, 0.2) is 0 Å². The van der Waals surface area contributed by atoms with Gasteiger partial charge in [-0.2, -0.15) is 13.2 Å². The molecule has 1 N–H and O–H groups in total. The predicted octanol–water partition coefficient (Wildman–Crippen LogP) is 7.36. The van der Waals surface area contributed by atoms with Crippen LogP contribution in [0.15, 0.2) is 78.9 Å². The maximum absolute atomic E-state index is 13.1. The monoisotopic (exact) mass is 482 g/mol. The summed E-state index contributed by atoms with van der Waals surface area (Å²) in [7, 11) is 0. The van der Waals surface area contributed by atoms with Crippen LogP contribution in [0.3, 0.4) is 0 Å². The highest BCUT2D eigenvalue weighted by Crippen LogP contribution is 2.32. The molecule has 3 nitrogen and oxygen atoms in total. The molecule has 174 valence electrons. The number of hydrogen-bond donors (Lipinski definition) is 1. The van der Waals surface area contributed by atoms with E-state index in [-0.39, 0.29) is 12.5 Å². The molecule has 0 aliphatic carbocycles. The van der Waals surface area contributed by atoms with E-state index in [1.165, 1.54) is 6.07 Å². The fraction of sp³-hybridized carbons (Fsp3) is 0.148. The Hall–Kier alpha value is -3.51. The van der Waals surface area contributed by atoms with Crippen LogP contribution in [0, 0.1) is 13.8 Å². The molecular weight excluding hydrogens is 461 g/mol. The second kappa shape index (κ2) is 9.39. The van der Waals surface area contributed by atoms with Crippen molar-refractivity contribution >= 4 is 17.5 Å². The Morgan fingerprint density at radius 3 is 2.32 bits per heavy atom. The molecule has 3 aromatic carbocycles. The summed E-state index contributed by atoms with van der Waals surface area (Å²) < 4.78 is 41.1. The lowest BCUT2D eigenvalue weighted by molar-refractivity contribution is -0.137. The summed E-state index contributed by atoms with van der Waals surface area (Å²) >= 11 is 6.07. The second-order valence-corrected chi connectivity index (χ2v) is 8.47. The number of aryl methyl sites for hydroxylation is 1. The quantitative estimate of drug-likeness (QED) is 0.316. The van der Waals surface area contributed by atoms with Gasteiger partial charge >= 0.3 is 6.18 Å². The van der Waals surface area contributed by atoms with Gasteiger partial charge in [0.25, 0.3) is 5.91 Å². The Morgan fingerprint density at radius 2 is 1.65 bits per heavy atom. The number of benzene rings is 3. The molecule has 0 atom stereocenters. The van der Waals surface area contributed by atoms with Crippen LogP contribution < -0.4 is 5.32 Å². The van der Waals surface area contributed by atoms with Gasteiger partial charge < -0.3 is 9.88 Å². The van der Waals surface area contributed by atoms with Crippen LogP contribution in [0.4, 0.5) is 13.2 Å². The zero-order valence-corrected chi connectivity index (χ0v) is 19.3. The number of carbonyl (C=O) groups is 1. The standard InChI is InChI=1S/C27H22ClF3N2O/c1-17-6-3-4-9-24(17)33-18(2)23(15-25(33)20-10-12-22(28)13-11-20)26(34)32-16-19-7-5-8-21(14-19)27(29,30)31/h3-15H,16H2,1-2H3,(H,32,34). The molecule has 4 rings (SSSR count). The van der Waals surface area contributed by atoms with Crippen molar-refractivity contribution in [3.63, 3.8) is 0 Å². The number of alkyl halides is 3. The summed E-state index contributed by atoms with van der Waals surface area (Å²) in [6.07, 6.45) is -4.44. The minimum atomic E-state index is -4.44. The lowest BCUT2D eigenvalue weighted by atomic mass is 10.1. The average molecular weight is 483 g/mol. The topological polar surface area (TPSA) is 34.0 Å². The zero-order valence-electron chi connectivity index (χ0n) is 18.6. The molecule has 0 bridgehead atoms. The van der Waals surface area contributed by atoms with Gasteiger partial charge in [-0.25, -0.2) is 0 Å². The number of halogens is 4. The number of amides is 1. The van der Waals surface area contributed by atoms with E-state index in [9.17, 15) is 18.0 Å². The van der Waals surface area contributed by atoms with Crippen LogP contribution in [0.25, 0.3) is 16.9 Å². The molecule has 0 spiro atoms. The van der Waals surface area contributed by atoms with E-state index in [1.54, 1.807) is 24.3 Å². The van der Waals surface area contributed by atoms with Gasteiger partial charge in [-0.05, 0) is 66.9 Å². The van der Waals surface area contributed by atoms with Crippen LogP contribution in [-0.4, -0.2) is 10.5 Å². The van der Waals surface area contributed by atoms with Crippen molar-refractivity contribution in [2.75, 3.05) is 0 Å². The fourth-order valence-corrected chi connectivity index (χ4v) is 4.06. The van der Waals surface area contributed by atoms with Crippen molar-refractivity contribution in [2.24, 2.45) is 0 Å². The number of nitrogens with zero attached hydrogens (tertiary/aromatic N) is 1. The summed E-state index contributed by atoms with van der Waals surface area (Å²) in [6.45, 7) is 3.83. The molecule has 0 saturated carbocycles. The third-order valence-corrected chi connectivity index (χ3v) is 5.95. The first-order valence-electron chi connectivity index (χ1n) is 10.6. The SMILES string of the molecule is Cc1ccccc1-n1c(-c2ccc(Cl)cc2)cc(C(=O)NCc2cccc(C(F)(F)F)c2)c1C. The molecule has 0 aliphatic heterocycles. The Labute approximate surface area is 200 Å². The molecule has 0 fully saturated rings. The molecular formula is C27H22ClF3N2O. The Kier molecular flexibility index (Phi) is 6.53. The lowest BCUT2D eigenvalue weighted by Crippen LogP contribution is -2.23. The van der Waals surface area contributed by atoms with Gasteiger partial charge in [0.05, 0.1) is 16.8 Å². The molecule has 0 saturated heterocycles. The van der Waals surface area contributed by atoms with Crippen molar-refractivity contribution in [1.29, 1.82) is 0 Å². The highest BCUT2D eigenvalue weighted by atomic mass is 35.5. The highest BCUT2D eigenvalue weighted by molar-refractivity contribution is 6.30. The van der Waals surface area contributed by atoms with Crippen molar-refractivity contribution in [2.45, 2.75) is 26.6 Å². The van der Waals surface area contributed by atoms with Crippen molar-refractivity contribution < 1.29 is 18.0 Å². The number of carbonyl (C=O) groups excluding carboxylic acids is 1. The molecule has 0 unspecified atom stereocenters. The zero-order chi connectivity index (χ0) is 24.5. The average Bonchev–Trinajstić information content (AvgIpc) is 3.15. The number of aromatic nitrogens is 1. The first-order chi connectivity index (χ1) is 16.1. The smallest absolute Gasteiger partial charge is 0.348 e. The molecule has 1 aromatic heterocycles. The molecule has 34 heavy (non-hydrogen) atoms. The molecule has 1 heterocycles. The summed E-state index contributed by atoms with van der Waals surface area (Å²) in [5.41, 5.74) is 4.46. The number of para-hydroxylation sites is 1. The maximum Gasteiger partial charge on any atom is 0.416 e. The number of rotatable bonds is 5. The molecule has 0 aliphatic rings. The second-order valence-electron chi connectivity index (χ2n) is 8.04. The van der Waals surface area contributed by atoms with Gasteiger partial charge in [-0.1, -0.05) is 54.1 Å².